The quantitative estimate of drug-likeness (QED) is 0.845. The largest absolute Gasteiger partial charge is 0.329 e. The second-order valence-electron chi connectivity index (χ2n) is 5.78. The molecule has 122 valence electrons. The highest BCUT2D eigenvalue weighted by Crippen LogP contribution is 2.32. The molecule has 7 heteroatoms. The number of halogens is 2. The minimum absolute atomic E-state index is 0.171. The van der Waals surface area contributed by atoms with Crippen LogP contribution in [0.2, 0.25) is 5.02 Å². The third kappa shape index (κ3) is 2.95. The summed E-state index contributed by atoms with van der Waals surface area (Å²) < 4.78 is 14.7. The second kappa shape index (κ2) is 6.28. The molecule has 23 heavy (non-hydrogen) atoms. The second-order valence-corrected chi connectivity index (χ2v) is 6.16. The minimum Gasteiger partial charge on any atom is -0.329 e. The summed E-state index contributed by atoms with van der Waals surface area (Å²) in [6.07, 6.45) is 3.91. The first-order valence-corrected chi connectivity index (χ1v) is 7.98. The number of carbonyl (C=O) groups is 1. The molecule has 1 atom stereocenters. The Hall–Kier alpha value is -1.95. The highest BCUT2D eigenvalue weighted by Gasteiger charge is 2.32. The number of carbonyl (C=O) groups excluding carboxylic acids is 1. The lowest BCUT2D eigenvalue weighted by Gasteiger charge is -2.35. The molecular weight excluding hydrogens is 319 g/mol. The molecule has 0 radical (unpaired) electrons. The fourth-order valence-electron chi connectivity index (χ4n) is 2.92. The topological polar surface area (TPSA) is 51.0 Å². The van der Waals surface area contributed by atoms with Crippen molar-refractivity contribution in [2.45, 2.75) is 32.2 Å². The molecule has 0 N–H and O–H groups in total. The van der Waals surface area contributed by atoms with Crippen molar-refractivity contribution >= 4 is 17.5 Å². The van der Waals surface area contributed by atoms with Crippen LogP contribution in [-0.4, -0.2) is 32.1 Å². The molecule has 1 saturated heterocycles. The number of aromatic nitrogens is 3. The molecule has 1 aliphatic rings. The summed E-state index contributed by atoms with van der Waals surface area (Å²) in [7, 11) is 1.76. The molecule has 0 aromatic carbocycles. The predicted molar refractivity (Wildman–Crippen MR) is 84.8 cm³/mol. The molecule has 0 spiro atoms. The van der Waals surface area contributed by atoms with E-state index in [4.69, 9.17) is 11.6 Å². The number of aryl methyl sites for hydroxylation is 1. The van der Waals surface area contributed by atoms with Crippen LogP contribution in [0.4, 0.5) is 4.39 Å². The molecule has 0 aliphatic carbocycles. The Balaban J connectivity index is 1.93. The van der Waals surface area contributed by atoms with Gasteiger partial charge in [-0.15, -0.1) is 0 Å². The zero-order chi connectivity index (χ0) is 16.6. The van der Waals surface area contributed by atoms with Crippen LogP contribution in [0, 0.1) is 12.7 Å². The molecule has 3 heterocycles. The maximum atomic E-state index is 13.1. The van der Waals surface area contributed by atoms with E-state index in [9.17, 15) is 9.18 Å². The number of hydrogen-bond acceptors (Lipinski definition) is 3. The van der Waals surface area contributed by atoms with E-state index in [-0.39, 0.29) is 23.5 Å². The van der Waals surface area contributed by atoms with Crippen LogP contribution in [0.5, 0.6) is 0 Å². The Morgan fingerprint density at radius 3 is 2.78 bits per heavy atom. The fourth-order valence-corrected chi connectivity index (χ4v) is 3.16. The summed E-state index contributed by atoms with van der Waals surface area (Å²) in [5, 5.41) is 4.62. The number of hydrogen-bond donors (Lipinski definition) is 0. The Bertz CT molecular complexity index is 728. The van der Waals surface area contributed by atoms with Gasteiger partial charge in [-0.25, -0.2) is 4.39 Å². The van der Waals surface area contributed by atoms with E-state index in [0.29, 0.717) is 17.3 Å². The van der Waals surface area contributed by atoms with E-state index in [1.807, 2.05) is 6.92 Å². The van der Waals surface area contributed by atoms with Crippen LogP contribution in [-0.2, 0) is 7.05 Å². The summed E-state index contributed by atoms with van der Waals surface area (Å²) in [4.78, 5) is 18.8. The number of likely N-dealkylation sites (tertiary alicyclic amines) is 1. The molecule has 1 amide bonds. The molecule has 1 fully saturated rings. The van der Waals surface area contributed by atoms with Crippen molar-refractivity contribution in [1.82, 2.24) is 19.7 Å². The van der Waals surface area contributed by atoms with E-state index in [1.165, 1.54) is 12.3 Å². The fraction of sp³-hybridized carbons (Fsp3) is 0.438. The summed E-state index contributed by atoms with van der Waals surface area (Å²) in [6.45, 7) is 2.44. The number of piperidine rings is 1. The molecule has 0 bridgehead atoms. The Labute approximate surface area is 139 Å². The number of pyridine rings is 1. The summed E-state index contributed by atoms with van der Waals surface area (Å²) in [5.74, 6) is -0.583. The standard InChI is InChI=1S/C16H18ClFN4O/c1-10-14(17)15(20-21(10)2)16(23)22-8-4-3-5-13(22)12-7-6-11(18)9-19-12/h6-7,9,13H,3-5,8H2,1-2H3. The van der Waals surface area contributed by atoms with Crippen molar-refractivity contribution in [3.63, 3.8) is 0 Å². The third-order valence-electron chi connectivity index (χ3n) is 4.32. The maximum absolute atomic E-state index is 13.1. The van der Waals surface area contributed by atoms with Crippen molar-refractivity contribution in [3.8, 4) is 0 Å². The van der Waals surface area contributed by atoms with Crippen molar-refractivity contribution in [2.24, 2.45) is 7.05 Å². The SMILES string of the molecule is Cc1c(Cl)c(C(=O)N2CCCCC2c2ccc(F)cn2)nn1C. The Morgan fingerprint density at radius 2 is 2.17 bits per heavy atom. The maximum Gasteiger partial charge on any atom is 0.276 e. The van der Waals surface area contributed by atoms with Crippen molar-refractivity contribution in [2.75, 3.05) is 6.54 Å². The van der Waals surface area contributed by atoms with E-state index in [2.05, 4.69) is 10.1 Å². The Morgan fingerprint density at radius 1 is 1.39 bits per heavy atom. The molecule has 2 aromatic rings. The zero-order valence-corrected chi connectivity index (χ0v) is 13.8. The van der Waals surface area contributed by atoms with Gasteiger partial charge in [-0.05, 0) is 38.3 Å². The lowest BCUT2D eigenvalue weighted by atomic mass is 9.98. The highest BCUT2D eigenvalue weighted by molar-refractivity contribution is 6.34. The van der Waals surface area contributed by atoms with Gasteiger partial charge in [0.1, 0.15) is 5.82 Å². The Kier molecular flexibility index (Phi) is 4.35. The first-order chi connectivity index (χ1) is 11.0. The smallest absolute Gasteiger partial charge is 0.276 e. The van der Waals surface area contributed by atoms with Gasteiger partial charge in [0.05, 0.1) is 28.6 Å². The summed E-state index contributed by atoms with van der Waals surface area (Å²) >= 11 is 6.25. The van der Waals surface area contributed by atoms with Crippen LogP contribution in [0.3, 0.4) is 0 Å². The van der Waals surface area contributed by atoms with Gasteiger partial charge in [0.15, 0.2) is 5.69 Å². The van der Waals surface area contributed by atoms with Crippen molar-refractivity contribution < 1.29 is 9.18 Å². The third-order valence-corrected chi connectivity index (χ3v) is 4.77. The molecule has 2 aromatic heterocycles. The number of amides is 1. The average molecular weight is 337 g/mol. The molecule has 1 aliphatic heterocycles. The molecule has 5 nitrogen and oxygen atoms in total. The zero-order valence-electron chi connectivity index (χ0n) is 13.1. The molecule has 0 saturated carbocycles. The highest BCUT2D eigenvalue weighted by atomic mass is 35.5. The van der Waals surface area contributed by atoms with Crippen LogP contribution in [0.1, 0.15) is 47.2 Å². The minimum atomic E-state index is -0.383. The van der Waals surface area contributed by atoms with Gasteiger partial charge in [-0.3, -0.25) is 14.5 Å². The monoisotopic (exact) mass is 336 g/mol. The van der Waals surface area contributed by atoms with Crippen molar-refractivity contribution in [1.29, 1.82) is 0 Å². The first kappa shape index (κ1) is 15.9. The average Bonchev–Trinajstić information content (AvgIpc) is 2.82. The van der Waals surface area contributed by atoms with Crippen LogP contribution < -0.4 is 0 Å². The van der Waals surface area contributed by atoms with Gasteiger partial charge in [-0.2, -0.15) is 5.10 Å². The summed E-state index contributed by atoms with van der Waals surface area (Å²) in [5.41, 5.74) is 1.72. The number of nitrogens with zero attached hydrogens (tertiary/aromatic N) is 4. The van der Waals surface area contributed by atoms with Crippen LogP contribution in [0.15, 0.2) is 18.3 Å². The van der Waals surface area contributed by atoms with E-state index < -0.39 is 0 Å². The predicted octanol–water partition coefficient (Wildman–Crippen LogP) is 3.28. The van der Waals surface area contributed by atoms with Gasteiger partial charge < -0.3 is 4.90 Å². The first-order valence-electron chi connectivity index (χ1n) is 7.60. The lowest BCUT2D eigenvalue weighted by Crippen LogP contribution is -2.39. The molecular formula is C16H18ClFN4O. The van der Waals surface area contributed by atoms with Crippen molar-refractivity contribution in [3.05, 3.63) is 46.3 Å². The molecule has 3 rings (SSSR count). The van der Waals surface area contributed by atoms with Gasteiger partial charge in [0.25, 0.3) is 5.91 Å². The lowest BCUT2D eigenvalue weighted by molar-refractivity contribution is 0.0599. The normalized spacial score (nSPS) is 18.3. The van der Waals surface area contributed by atoms with E-state index in [1.54, 1.807) is 22.7 Å². The van der Waals surface area contributed by atoms with Gasteiger partial charge in [0.2, 0.25) is 0 Å². The van der Waals surface area contributed by atoms with Crippen LogP contribution in [0.25, 0.3) is 0 Å². The number of rotatable bonds is 2. The van der Waals surface area contributed by atoms with Gasteiger partial charge >= 0.3 is 0 Å². The van der Waals surface area contributed by atoms with Gasteiger partial charge in [-0.1, -0.05) is 11.6 Å². The van der Waals surface area contributed by atoms with Gasteiger partial charge in [0, 0.05) is 13.6 Å². The summed E-state index contributed by atoms with van der Waals surface area (Å²) in [6, 6.07) is 2.84. The van der Waals surface area contributed by atoms with E-state index in [0.717, 1.165) is 25.0 Å². The van der Waals surface area contributed by atoms with Crippen LogP contribution >= 0.6 is 11.6 Å². The van der Waals surface area contributed by atoms with E-state index >= 15 is 0 Å². The molecule has 1 unspecified atom stereocenters.